The van der Waals surface area contributed by atoms with Crippen LogP contribution >= 0.6 is 0 Å². The smallest absolute Gasteiger partial charge is 0.328 e. The van der Waals surface area contributed by atoms with Crippen molar-refractivity contribution in [2.45, 2.75) is 57.9 Å². The first kappa shape index (κ1) is 22.0. The molecule has 0 unspecified atom stereocenters. The number of nitrogens with one attached hydrogen (secondary N) is 2. The van der Waals surface area contributed by atoms with Crippen molar-refractivity contribution in [2.24, 2.45) is 0 Å². The number of nitrogens with zero attached hydrogens (tertiary/aromatic N) is 2. The molecular weight excluding hydrogens is 408 g/mol. The molecule has 1 amide bonds. The Morgan fingerprint density at radius 3 is 2.41 bits per heavy atom. The van der Waals surface area contributed by atoms with Crippen LogP contribution in [0.15, 0.2) is 33.9 Å². The molecule has 8 heteroatoms. The molecular formula is C24H30N4O4. The first-order chi connectivity index (χ1) is 15.5. The number of hydrogen-bond acceptors (Lipinski definition) is 5. The molecule has 0 saturated carbocycles. The van der Waals surface area contributed by atoms with Crippen LogP contribution < -0.4 is 21.5 Å². The van der Waals surface area contributed by atoms with Crippen molar-refractivity contribution in [1.82, 2.24) is 14.9 Å². The summed E-state index contributed by atoms with van der Waals surface area (Å²) < 4.78 is 1.50. The SMILES string of the molecule is O=C(CCn1c2c(c(=O)[nH]c1=O)CCCC2)NCC(=O)c1ccc(N2CCCCC2)cc1. The topological polar surface area (TPSA) is 104 Å². The number of Topliss-reactive ketones (excluding diaryl/α,β-unsaturated/α-hetero) is 1. The molecule has 1 aromatic heterocycles. The van der Waals surface area contributed by atoms with Crippen molar-refractivity contribution in [2.75, 3.05) is 24.5 Å². The molecule has 1 aromatic carbocycles. The second-order valence-corrected chi connectivity index (χ2v) is 8.59. The number of carbonyl (C=O) groups excluding carboxylic acids is 2. The maximum absolute atomic E-state index is 12.5. The Labute approximate surface area is 186 Å². The Balaban J connectivity index is 1.30. The maximum Gasteiger partial charge on any atom is 0.328 e. The van der Waals surface area contributed by atoms with Crippen molar-refractivity contribution < 1.29 is 9.59 Å². The molecule has 2 heterocycles. The first-order valence-electron chi connectivity index (χ1n) is 11.5. The Bertz CT molecular complexity index is 1090. The fourth-order valence-electron chi connectivity index (χ4n) is 4.62. The fraction of sp³-hybridized carbons (Fsp3) is 0.500. The highest BCUT2D eigenvalue weighted by molar-refractivity contribution is 5.99. The summed E-state index contributed by atoms with van der Waals surface area (Å²) in [6.07, 6.45) is 6.90. The van der Waals surface area contributed by atoms with Gasteiger partial charge in [-0.05, 0) is 69.2 Å². The molecule has 32 heavy (non-hydrogen) atoms. The maximum atomic E-state index is 12.5. The molecule has 2 aromatic rings. The number of carbonyl (C=O) groups is 2. The zero-order chi connectivity index (χ0) is 22.5. The summed E-state index contributed by atoms with van der Waals surface area (Å²) in [6.45, 7) is 2.19. The summed E-state index contributed by atoms with van der Waals surface area (Å²) in [6, 6.07) is 7.55. The number of ketones is 1. The third-order valence-electron chi connectivity index (χ3n) is 6.42. The van der Waals surface area contributed by atoms with Crippen LogP contribution in [0.25, 0.3) is 0 Å². The van der Waals surface area contributed by atoms with Gasteiger partial charge in [-0.15, -0.1) is 0 Å². The highest BCUT2D eigenvalue weighted by Gasteiger charge is 2.19. The molecule has 0 bridgehead atoms. The lowest BCUT2D eigenvalue weighted by Crippen LogP contribution is -2.38. The standard InChI is InChI=1S/C24H30N4O4/c29-21(17-8-10-18(11-9-17)27-13-4-1-5-14-27)16-25-22(30)12-15-28-20-7-3-2-6-19(20)23(31)26-24(28)32/h8-11H,1-7,12-16H2,(H,25,30)(H,26,31,32). The van der Waals surface area contributed by atoms with Crippen molar-refractivity contribution in [1.29, 1.82) is 0 Å². The molecule has 1 fully saturated rings. The van der Waals surface area contributed by atoms with Gasteiger partial charge in [0.2, 0.25) is 5.91 Å². The van der Waals surface area contributed by atoms with Gasteiger partial charge in [-0.2, -0.15) is 0 Å². The van der Waals surface area contributed by atoms with E-state index >= 15 is 0 Å². The van der Waals surface area contributed by atoms with Gasteiger partial charge in [-0.3, -0.25) is 23.9 Å². The van der Waals surface area contributed by atoms with E-state index in [4.69, 9.17) is 0 Å². The summed E-state index contributed by atoms with van der Waals surface area (Å²) in [5.74, 6) is -0.451. The van der Waals surface area contributed by atoms with Crippen LogP contribution in [0.5, 0.6) is 0 Å². The Hall–Kier alpha value is -3.16. The number of hydrogen-bond donors (Lipinski definition) is 2. The molecule has 0 radical (unpaired) electrons. The minimum Gasteiger partial charge on any atom is -0.372 e. The lowest BCUT2D eigenvalue weighted by atomic mass is 9.97. The number of fused-ring (bicyclic) bond motifs is 1. The van der Waals surface area contributed by atoms with Crippen molar-refractivity contribution in [3.05, 3.63) is 61.9 Å². The zero-order valence-electron chi connectivity index (χ0n) is 18.3. The van der Waals surface area contributed by atoms with Gasteiger partial charge in [-0.1, -0.05) is 0 Å². The number of anilines is 1. The van der Waals surface area contributed by atoms with Crippen LogP contribution in [0.2, 0.25) is 0 Å². The zero-order valence-corrected chi connectivity index (χ0v) is 18.3. The van der Waals surface area contributed by atoms with E-state index in [0.29, 0.717) is 24.0 Å². The number of rotatable bonds is 7. The summed E-state index contributed by atoms with van der Waals surface area (Å²) in [7, 11) is 0. The third-order valence-corrected chi connectivity index (χ3v) is 6.42. The Morgan fingerprint density at radius 1 is 0.938 bits per heavy atom. The van der Waals surface area contributed by atoms with Crippen molar-refractivity contribution in [3.63, 3.8) is 0 Å². The summed E-state index contributed by atoms with van der Waals surface area (Å²) in [5.41, 5.74) is 2.29. The fourth-order valence-corrected chi connectivity index (χ4v) is 4.62. The third kappa shape index (κ3) is 5.00. The van der Waals surface area contributed by atoms with E-state index in [1.54, 1.807) is 0 Å². The minimum absolute atomic E-state index is 0.0690. The average Bonchev–Trinajstić information content (AvgIpc) is 2.83. The summed E-state index contributed by atoms with van der Waals surface area (Å²) >= 11 is 0. The Morgan fingerprint density at radius 2 is 1.66 bits per heavy atom. The molecule has 1 saturated heterocycles. The van der Waals surface area contributed by atoms with E-state index in [-0.39, 0.29) is 36.8 Å². The molecule has 2 N–H and O–H groups in total. The van der Waals surface area contributed by atoms with E-state index < -0.39 is 5.69 Å². The van der Waals surface area contributed by atoms with Gasteiger partial charge in [0.05, 0.1) is 6.54 Å². The normalized spacial score (nSPS) is 15.8. The number of H-pyrrole nitrogens is 1. The molecule has 170 valence electrons. The summed E-state index contributed by atoms with van der Waals surface area (Å²) in [4.78, 5) is 53.7. The number of piperidine rings is 1. The molecule has 0 atom stereocenters. The molecule has 2 aliphatic rings. The molecule has 8 nitrogen and oxygen atoms in total. The van der Waals surface area contributed by atoms with Crippen LogP contribution in [0.3, 0.4) is 0 Å². The lowest BCUT2D eigenvalue weighted by Gasteiger charge is -2.28. The van der Waals surface area contributed by atoms with Gasteiger partial charge in [0.1, 0.15) is 0 Å². The minimum atomic E-state index is -0.478. The first-order valence-corrected chi connectivity index (χ1v) is 11.5. The van der Waals surface area contributed by atoms with Crippen LogP contribution in [-0.2, 0) is 24.2 Å². The number of amides is 1. The molecule has 0 spiro atoms. The van der Waals surface area contributed by atoms with Gasteiger partial charge < -0.3 is 10.2 Å². The van der Waals surface area contributed by atoms with Crippen molar-refractivity contribution >= 4 is 17.4 Å². The monoisotopic (exact) mass is 438 g/mol. The van der Waals surface area contributed by atoms with Crippen LogP contribution in [-0.4, -0.2) is 40.9 Å². The van der Waals surface area contributed by atoms with E-state index in [9.17, 15) is 19.2 Å². The predicted molar refractivity (Wildman–Crippen MR) is 122 cm³/mol. The number of aromatic nitrogens is 2. The van der Waals surface area contributed by atoms with E-state index in [2.05, 4.69) is 15.2 Å². The largest absolute Gasteiger partial charge is 0.372 e. The lowest BCUT2D eigenvalue weighted by molar-refractivity contribution is -0.121. The van der Waals surface area contributed by atoms with Gasteiger partial charge >= 0.3 is 5.69 Å². The molecule has 4 rings (SSSR count). The highest BCUT2D eigenvalue weighted by atomic mass is 16.2. The number of benzene rings is 1. The second-order valence-electron chi connectivity index (χ2n) is 8.59. The van der Waals surface area contributed by atoms with Gasteiger partial charge in [-0.25, -0.2) is 4.79 Å². The summed E-state index contributed by atoms with van der Waals surface area (Å²) in [5, 5.41) is 2.65. The van der Waals surface area contributed by atoms with Gasteiger partial charge in [0.15, 0.2) is 5.78 Å². The van der Waals surface area contributed by atoms with Crippen LogP contribution in [0, 0.1) is 0 Å². The quantitative estimate of drug-likeness (QED) is 0.642. The van der Waals surface area contributed by atoms with Crippen LogP contribution in [0.4, 0.5) is 5.69 Å². The second kappa shape index (κ2) is 9.97. The number of aromatic amines is 1. The molecule has 1 aliphatic heterocycles. The Kier molecular flexibility index (Phi) is 6.87. The average molecular weight is 439 g/mol. The van der Waals surface area contributed by atoms with Gasteiger partial charge in [0, 0.05) is 48.6 Å². The van der Waals surface area contributed by atoms with E-state index in [1.807, 2.05) is 24.3 Å². The van der Waals surface area contributed by atoms with E-state index in [0.717, 1.165) is 37.3 Å². The molecule has 1 aliphatic carbocycles. The predicted octanol–water partition coefficient (Wildman–Crippen LogP) is 1.79. The van der Waals surface area contributed by atoms with Crippen molar-refractivity contribution in [3.8, 4) is 0 Å². The van der Waals surface area contributed by atoms with E-state index in [1.165, 1.54) is 23.8 Å². The van der Waals surface area contributed by atoms with Gasteiger partial charge in [0.25, 0.3) is 5.56 Å². The highest BCUT2D eigenvalue weighted by Crippen LogP contribution is 2.20. The van der Waals surface area contributed by atoms with Crippen LogP contribution in [0.1, 0.15) is 60.1 Å².